The number of benzene rings is 1. The number of aromatic nitrogens is 1. The number of sulfonamides is 1. The summed E-state index contributed by atoms with van der Waals surface area (Å²) < 4.78 is 37.9. The monoisotopic (exact) mass is 408 g/mol. The number of hydrogen-bond acceptors (Lipinski definition) is 5. The zero-order valence-electron chi connectivity index (χ0n) is 14.7. The van der Waals surface area contributed by atoms with Gasteiger partial charge in [0, 0.05) is 66.2 Å². The largest absolute Gasteiger partial charge is 0.322 e. The lowest BCUT2D eigenvalue weighted by Gasteiger charge is -2.33. The molecule has 0 spiro atoms. The fraction of sp³-hybridized carbons (Fsp3) is 0.294. The fourth-order valence-corrected chi connectivity index (χ4v) is 4.62. The van der Waals surface area contributed by atoms with Crippen LogP contribution in [0.1, 0.15) is 0 Å². The molecule has 1 aliphatic rings. The standard InChI is InChI=1S/C17H20N4O4S2/c1-26(23)15-6-4-14(5-7-15)19-17(22)20-9-11-21(12-10-20)27(24,25)16-3-2-8-18-13-16/h2-8,13H,9-12H2,1H3,(H,19,22). The number of pyridine rings is 1. The molecule has 0 aliphatic carbocycles. The molecule has 1 N–H and O–H groups in total. The second-order valence-corrected chi connectivity index (χ2v) is 9.31. The number of carbonyl (C=O) groups is 1. The van der Waals surface area contributed by atoms with Crippen molar-refractivity contribution in [2.45, 2.75) is 9.79 Å². The molecule has 1 unspecified atom stereocenters. The number of urea groups is 1. The Balaban J connectivity index is 1.58. The maximum Gasteiger partial charge on any atom is 0.321 e. The van der Waals surface area contributed by atoms with Crippen LogP contribution in [0.4, 0.5) is 10.5 Å². The Hall–Kier alpha value is -2.30. The third-order valence-corrected chi connectivity index (χ3v) is 7.05. The first kappa shape index (κ1) is 19.5. The van der Waals surface area contributed by atoms with Crippen LogP contribution in [0.5, 0.6) is 0 Å². The number of anilines is 1. The van der Waals surface area contributed by atoms with Crippen LogP contribution in [-0.4, -0.2) is 65.3 Å². The molecule has 0 saturated carbocycles. The molecule has 27 heavy (non-hydrogen) atoms. The van der Waals surface area contributed by atoms with Crippen LogP contribution in [-0.2, 0) is 20.8 Å². The number of amides is 2. The van der Waals surface area contributed by atoms with E-state index < -0.39 is 20.8 Å². The molecule has 1 aromatic carbocycles. The number of nitrogens with zero attached hydrogens (tertiary/aromatic N) is 3. The van der Waals surface area contributed by atoms with E-state index >= 15 is 0 Å². The molecule has 2 amide bonds. The van der Waals surface area contributed by atoms with Gasteiger partial charge in [0.05, 0.1) is 0 Å². The Kier molecular flexibility index (Phi) is 5.88. The Labute approximate surface area is 160 Å². The normalized spacial score (nSPS) is 16.7. The SMILES string of the molecule is CS(=O)c1ccc(NC(=O)N2CCN(S(=O)(=O)c3cccnc3)CC2)cc1. The summed E-state index contributed by atoms with van der Waals surface area (Å²) in [6.45, 7) is 1.03. The summed E-state index contributed by atoms with van der Waals surface area (Å²) in [6, 6.07) is 9.58. The third kappa shape index (κ3) is 4.52. The fourth-order valence-electron chi connectivity index (χ4n) is 2.71. The zero-order chi connectivity index (χ0) is 19.4. The maximum absolute atomic E-state index is 12.6. The minimum Gasteiger partial charge on any atom is -0.322 e. The first-order valence-electron chi connectivity index (χ1n) is 8.27. The lowest BCUT2D eigenvalue weighted by Crippen LogP contribution is -2.51. The number of piperazine rings is 1. The minimum atomic E-state index is -3.60. The summed E-state index contributed by atoms with van der Waals surface area (Å²) in [5.74, 6) is 0. The van der Waals surface area contributed by atoms with E-state index in [1.807, 2.05) is 0 Å². The molecular weight excluding hydrogens is 388 g/mol. The molecule has 0 radical (unpaired) electrons. The van der Waals surface area contributed by atoms with Gasteiger partial charge in [-0.3, -0.25) is 9.19 Å². The van der Waals surface area contributed by atoms with Gasteiger partial charge in [-0.2, -0.15) is 4.31 Å². The molecule has 1 aromatic heterocycles. The predicted molar refractivity (Wildman–Crippen MR) is 102 cm³/mol. The van der Waals surface area contributed by atoms with E-state index in [-0.39, 0.29) is 24.0 Å². The topological polar surface area (TPSA) is 99.7 Å². The van der Waals surface area contributed by atoms with E-state index in [2.05, 4.69) is 10.3 Å². The molecule has 8 nitrogen and oxygen atoms in total. The highest BCUT2D eigenvalue weighted by Crippen LogP contribution is 2.17. The lowest BCUT2D eigenvalue weighted by atomic mass is 10.3. The predicted octanol–water partition coefficient (Wildman–Crippen LogP) is 1.36. The van der Waals surface area contributed by atoms with Gasteiger partial charge in [0.25, 0.3) is 0 Å². The van der Waals surface area contributed by atoms with E-state index in [1.165, 1.54) is 22.8 Å². The number of nitrogens with one attached hydrogen (secondary N) is 1. The van der Waals surface area contributed by atoms with Gasteiger partial charge in [-0.25, -0.2) is 13.2 Å². The van der Waals surface area contributed by atoms with Crippen molar-refractivity contribution in [2.24, 2.45) is 0 Å². The molecule has 2 aromatic rings. The Bertz CT molecular complexity index is 925. The molecule has 1 saturated heterocycles. The molecule has 2 heterocycles. The second kappa shape index (κ2) is 8.15. The summed E-state index contributed by atoms with van der Waals surface area (Å²) in [5, 5.41) is 2.77. The van der Waals surface area contributed by atoms with Gasteiger partial charge in [-0.15, -0.1) is 0 Å². The van der Waals surface area contributed by atoms with E-state index in [0.717, 1.165) is 0 Å². The molecule has 0 bridgehead atoms. The third-order valence-electron chi connectivity index (χ3n) is 4.24. The van der Waals surface area contributed by atoms with Gasteiger partial charge in [0.2, 0.25) is 10.0 Å². The summed E-state index contributed by atoms with van der Waals surface area (Å²) in [7, 11) is -4.67. The van der Waals surface area contributed by atoms with Crippen LogP contribution in [0.3, 0.4) is 0 Å². The van der Waals surface area contributed by atoms with Crippen molar-refractivity contribution in [3.63, 3.8) is 0 Å². The first-order valence-corrected chi connectivity index (χ1v) is 11.3. The van der Waals surface area contributed by atoms with Crippen LogP contribution in [0.15, 0.2) is 58.6 Å². The van der Waals surface area contributed by atoms with Crippen LogP contribution in [0, 0.1) is 0 Å². The zero-order valence-corrected chi connectivity index (χ0v) is 16.4. The number of carbonyl (C=O) groups excluding carboxylic acids is 1. The number of hydrogen-bond donors (Lipinski definition) is 1. The summed E-state index contributed by atoms with van der Waals surface area (Å²) in [6.07, 6.45) is 4.43. The van der Waals surface area contributed by atoms with E-state index in [0.29, 0.717) is 23.7 Å². The highest BCUT2D eigenvalue weighted by Gasteiger charge is 2.30. The minimum absolute atomic E-state index is 0.149. The molecular formula is C17H20N4O4S2. The number of rotatable bonds is 4. The van der Waals surface area contributed by atoms with Gasteiger partial charge in [0.15, 0.2) is 0 Å². The van der Waals surface area contributed by atoms with Crippen LogP contribution in [0.2, 0.25) is 0 Å². The molecule has 1 fully saturated rings. The van der Waals surface area contributed by atoms with Crippen LogP contribution in [0.25, 0.3) is 0 Å². The average Bonchev–Trinajstić information content (AvgIpc) is 2.69. The highest BCUT2D eigenvalue weighted by molar-refractivity contribution is 7.89. The van der Waals surface area contributed by atoms with Crippen LogP contribution >= 0.6 is 0 Å². The van der Waals surface area contributed by atoms with E-state index in [4.69, 9.17) is 0 Å². The van der Waals surface area contributed by atoms with Crippen molar-refractivity contribution < 1.29 is 17.4 Å². The van der Waals surface area contributed by atoms with E-state index in [9.17, 15) is 17.4 Å². The summed E-state index contributed by atoms with van der Waals surface area (Å²) in [5.41, 5.74) is 0.597. The average molecular weight is 409 g/mol. The van der Waals surface area contributed by atoms with Crippen molar-refractivity contribution >= 4 is 32.5 Å². The van der Waals surface area contributed by atoms with Crippen LogP contribution < -0.4 is 5.32 Å². The molecule has 3 rings (SSSR count). The molecule has 144 valence electrons. The first-order chi connectivity index (χ1) is 12.9. The van der Waals surface area contributed by atoms with Crippen molar-refractivity contribution in [1.82, 2.24) is 14.2 Å². The Morgan fingerprint density at radius 2 is 1.78 bits per heavy atom. The highest BCUT2D eigenvalue weighted by atomic mass is 32.2. The van der Waals surface area contributed by atoms with Crippen molar-refractivity contribution in [3.8, 4) is 0 Å². The van der Waals surface area contributed by atoms with Crippen molar-refractivity contribution in [1.29, 1.82) is 0 Å². The summed E-state index contributed by atoms with van der Waals surface area (Å²) >= 11 is 0. The Morgan fingerprint density at radius 1 is 1.11 bits per heavy atom. The smallest absolute Gasteiger partial charge is 0.321 e. The van der Waals surface area contributed by atoms with Gasteiger partial charge in [-0.05, 0) is 36.4 Å². The van der Waals surface area contributed by atoms with Crippen molar-refractivity contribution in [2.75, 3.05) is 37.8 Å². The van der Waals surface area contributed by atoms with Gasteiger partial charge in [0.1, 0.15) is 4.90 Å². The molecule has 10 heteroatoms. The molecule has 1 aliphatic heterocycles. The lowest BCUT2D eigenvalue weighted by molar-refractivity contribution is 0.184. The van der Waals surface area contributed by atoms with E-state index in [1.54, 1.807) is 41.5 Å². The van der Waals surface area contributed by atoms with Gasteiger partial charge >= 0.3 is 6.03 Å². The van der Waals surface area contributed by atoms with Gasteiger partial charge in [-0.1, -0.05) is 0 Å². The summed E-state index contributed by atoms with van der Waals surface area (Å²) in [4.78, 5) is 18.6. The Morgan fingerprint density at radius 3 is 2.33 bits per heavy atom. The second-order valence-electron chi connectivity index (χ2n) is 5.99. The molecule has 1 atom stereocenters. The maximum atomic E-state index is 12.6. The quantitative estimate of drug-likeness (QED) is 0.823. The van der Waals surface area contributed by atoms with Gasteiger partial charge < -0.3 is 10.2 Å². The van der Waals surface area contributed by atoms with Crippen molar-refractivity contribution in [3.05, 3.63) is 48.8 Å².